The molecule has 1 aliphatic heterocycles. The molecule has 41 heavy (non-hydrogen) atoms. The van der Waals surface area contributed by atoms with E-state index in [2.05, 4.69) is 33.6 Å². The Morgan fingerprint density at radius 3 is 2.15 bits per heavy atom. The van der Waals surface area contributed by atoms with Gasteiger partial charge in [0.1, 0.15) is 11.5 Å². The Balaban J connectivity index is 0.00000462. The highest BCUT2D eigenvalue weighted by atomic mass is 35.5. The summed E-state index contributed by atoms with van der Waals surface area (Å²) < 4.78 is 36.5. The zero-order chi connectivity index (χ0) is 28.4. The molecule has 8 nitrogen and oxygen atoms in total. The molecule has 1 fully saturated rings. The number of benzene rings is 3. The van der Waals surface area contributed by atoms with Crippen LogP contribution < -0.4 is 9.46 Å². The van der Waals surface area contributed by atoms with Gasteiger partial charge in [0.15, 0.2) is 6.61 Å². The molecule has 1 aliphatic rings. The molecule has 0 spiro atoms. The van der Waals surface area contributed by atoms with Crippen molar-refractivity contribution in [2.45, 2.75) is 38.9 Å². The molecule has 1 heterocycles. The van der Waals surface area contributed by atoms with E-state index in [0.29, 0.717) is 23.7 Å². The number of anilines is 1. The van der Waals surface area contributed by atoms with E-state index in [-0.39, 0.29) is 31.1 Å². The number of nitrogens with zero attached hydrogens (tertiary/aromatic N) is 2. The van der Waals surface area contributed by atoms with Crippen molar-refractivity contribution >= 4 is 34.2 Å². The summed E-state index contributed by atoms with van der Waals surface area (Å²) in [5.74, 6) is 6.89. The first-order valence-corrected chi connectivity index (χ1v) is 15.1. The maximum Gasteiger partial charge on any atom is 0.411 e. The van der Waals surface area contributed by atoms with Crippen LogP contribution in [-0.4, -0.2) is 56.3 Å². The third-order valence-corrected chi connectivity index (χ3v) is 7.20. The fourth-order valence-corrected chi connectivity index (χ4v) is 5.19. The lowest BCUT2D eigenvalue weighted by molar-refractivity contribution is 0.0669. The fourth-order valence-electron chi connectivity index (χ4n) is 4.63. The second-order valence-electron chi connectivity index (χ2n) is 9.75. The topological polar surface area (TPSA) is 88.2 Å². The molecule has 4 rings (SSSR count). The van der Waals surface area contributed by atoms with Crippen LogP contribution in [0.2, 0.25) is 0 Å². The van der Waals surface area contributed by atoms with E-state index in [1.165, 1.54) is 5.56 Å². The van der Waals surface area contributed by atoms with Crippen LogP contribution in [0.4, 0.5) is 10.5 Å². The van der Waals surface area contributed by atoms with Crippen LogP contribution >= 0.6 is 12.4 Å². The predicted molar refractivity (Wildman–Crippen MR) is 164 cm³/mol. The van der Waals surface area contributed by atoms with Gasteiger partial charge in [-0.1, -0.05) is 48.4 Å². The van der Waals surface area contributed by atoms with Gasteiger partial charge < -0.3 is 14.4 Å². The van der Waals surface area contributed by atoms with Gasteiger partial charge in [-0.15, -0.1) is 18.3 Å². The quantitative estimate of drug-likeness (QED) is 0.293. The first kappa shape index (κ1) is 31.8. The van der Waals surface area contributed by atoms with Crippen LogP contribution in [0, 0.1) is 11.8 Å². The lowest BCUT2D eigenvalue weighted by Gasteiger charge is -2.38. The summed E-state index contributed by atoms with van der Waals surface area (Å²) in [5, 5.41) is 0. The summed E-state index contributed by atoms with van der Waals surface area (Å²) in [6.07, 6.45) is 2.53. The first-order chi connectivity index (χ1) is 19.3. The maximum absolute atomic E-state index is 12.9. The Morgan fingerprint density at radius 1 is 0.951 bits per heavy atom. The number of carbonyl (C=O) groups is 1. The summed E-state index contributed by atoms with van der Waals surface area (Å²) >= 11 is 0. The van der Waals surface area contributed by atoms with Crippen LogP contribution in [0.1, 0.15) is 30.9 Å². The highest BCUT2D eigenvalue weighted by molar-refractivity contribution is 7.92. The third-order valence-electron chi connectivity index (χ3n) is 6.60. The molecule has 10 heteroatoms. The number of amides is 1. The molecular weight excluding hydrogens is 562 g/mol. The second kappa shape index (κ2) is 15.3. The third kappa shape index (κ3) is 10.3. The van der Waals surface area contributed by atoms with Crippen LogP contribution in [0.25, 0.3) is 0 Å². The van der Waals surface area contributed by atoms with Crippen LogP contribution in [0.5, 0.6) is 11.5 Å². The Labute approximate surface area is 249 Å². The van der Waals surface area contributed by atoms with Crippen molar-refractivity contribution in [3.63, 3.8) is 0 Å². The summed E-state index contributed by atoms with van der Waals surface area (Å²) in [5.41, 5.74) is 2.74. The lowest BCUT2D eigenvalue weighted by atomic mass is 10.0. The van der Waals surface area contributed by atoms with Crippen molar-refractivity contribution in [1.29, 1.82) is 0 Å². The number of ether oxygens (including phenoxy) is 2. The number of hydrogen-bond acceptors (Lipinski definition) is 6. The number of halogens is 1. The lowest BCUT2D eigenvalue weighted by Crippen LogP contribution is -2.47. The van der Waals surface area contributed by atoms with Gasteiger partial charge in [-0.05, 0) is 67.3 Å². The minimum Gasteiger partial charge on any atom is -0.457 e. The first-order valence-electron chi connectivity index (χ1n) is 13.2. The molecule has 0 atom stereocenters. The van der Waals surface area contributed by atoms with Crippen molar-refractivity contribution in [1.82, 2.24) is 9.80 Å². The molecule has 1 amide bonds. The van der Waals surface area contributed by atoms with Gasteiger partial charge in [0.05, 0.1) is 6.26 Å². The molecule has 3 aromatic rings. The molecule has 0 aromatic heterocycles. The Kier molecular flexibility index (Phi) is 11.9. The standard InChI is InChI=1S/C31H35N3O5S.ClH/c1-3-4-22-38-31(35)34(24-25-8-6-5-7-9-25)28-18-20-33(21-19-28)23-26-10-14-29(15-11-26)39-30-16-12-27(13-17-30)32-40(2,36)37;/h5-17,28,32H,18-24H2,1-2H3;1H. The van der Waals surface area contributed by atoms with E-state index in [0.717, 1.165) is 44.3 Å². The van der Waals surface area contributed by atoms with Crippen molar-refractivity contribution in [3.05, 3.63) is 90.0 Å². The van der Waals surface area contributed by atoms with E-state index >= 15 is 0 Å². The molecule has 1 saturated heterocycles. The molecule has 0 bridgehead atoms. The normalized spacial score (nSPS) is 13.7. The Hall–Kier alpha value is -3.71. The monoisotopic (exact) mass is 597 g/mol. The van der Waals surface area contributed by atoms with Gasteiger partial charge in [0.25, 0.3) is 0 Å². The number of rotatable bonds is 10. The molecule has 218 valence electrons. The van der Waals surface area contributed by atoms with Crippen molar-refractivity contribution < 1.29 is 22.7 Å². The maximum atomic E-state index is 12.9. The molecule has 0 radical (unpaired) electrons. The fraction of sp³-hybridized carbons (Fsp3) is 0.323. The SMILES string of the molecule is CC#CCOC(=O)N(Cc1ccccc1)C1CCN(Cc2ccc(Oc3ccc(NS(C)(=O)=O)cc3)cc2)CC1.Cl. The summed E-state index contributed by atoms with van der Waals surface area (Å²) in [6, 6.07) is 24.8. The highest BCUT2D eigenvalue weighted by Crippen LogP contribution is 2.25. The average molecular weight is 598 g/mol. The number of carbonyl (C=O) groups excluding carboxylic acids is 1. The van der Waals surface area contributed by atoms with Crippen molar-refractivity contribution in [2.24, 2.45) is 0 Å². The van der Waals surface area contributed by atoms with Gasteiger partial charge in [0.2, 0.25) is 10.0 Å². The van der Waals surface area contributed by atoms with Crippen LogP contribution in [0.15, 0.2) is 78.9 Å². The zero-order valence-electron chi connectivity index (χ0n) is 23.3. The number of sulfonamides is 1. The largest absolute Gasteiger partial charge is 0.457 e. The molecule has 3 aromatic carbocycles. The van der Waals surface area contributed by atoms with E-state index in [1.54, 1.807) is 31.2 Å². The molecule has 0 aliphatic carbocycles. The molecule has 0 saturated carbocycles. The minimum atomic E-state index is -3.32. The van der Waals surface area contributed by atoms with Crippen LogP contribution in [-0.2, 0) is 27.8 Å². The van der Waals surface area contributed by atoms with E-state index in [4.69, 9.17) is 9.47 Å². The molecular formula is C31H36ClN3O5S. The Morgan fingerprint density at radius 2 is 1.56 bits per heavy atom. The predicted octanol–water partition coefficient (Wildman–Crippen LogP) is 5.90. The molecule has 1 N–H and O–H groups in total. The average Bonchev–Trinajstić information content (AvgIpc) is 2.94. The van der Waals surface area contributed by atoms with E-state index < -0.39 is 10.0 Å². The zero-order valence-corrected chi connectivity index (χ0v) is 24.9. The molecule has 0 unspecified atom stereocenters. The number of likely N-dealkylation sites (tertiary alicyclic amines) is 1. The summed E-state index contributed by atoms with van der Waals surface area (Å²) in [6.45, 7) is 4.92. The van der Waals surface area contributed by atoms with Gasteiger partial charge in [-0.2, -0.15) is 0 Å². The van der Waals surface area contributed by atoms with E-state index in [9.17, 15) is 13.2 Å². The van der Waals surface area contributed by atoms with E-state index in [1.807, 2.05) is 47.4 Å². The Bertz CT molecular complexity index is 1410. The number of hydrogen-bond donors (Lipinski definition) is 1. The summed E-state index contributed by atoms with van der Waals surface area (Å²) in [4.78, 5) is 17.2. The van der Waals surface area contributed by atoms with Gasteiger partial charge in [-0.3, -0.25) is 9.62 Å². The summed E-state index contributed by atoms with van der Waals surface area (Å²) in [7, 11) is -3.32. The number of nitrogens with one attached hydrogen (secondary N) is 1. The van der Waals surface area contributed by atoms with Crippen molar-refractivity contribution in [3.8, 4) is 23.3 Å². The van der Waals surface area contributed by atoms with Crippen LogP contribution in [0.3, 0.4) is 0 Å². The van der Waals surface area contributed by atoms with Crippen molar-refractivity contribution in [2.75, 3.05) is 30.7 Å². The minimum absolute atomic E-state index is 0. The highest BCUT2D eigenvalue weighted by Gasteiger charge is 2.29. The number of piperidine rings is 1. The van der Waals surface area contributed by atoms with Gasteiger partial charge >= 0.3 is 6.09 Å². The van der Waals surface area contributed by atoms with Gasteiger partial charge in [-0.25, -0.2) is 13.2 Å². The second-order valence-corrected chi connectivity index (χ2v) is 11.5. The smallest absolute Gasteiger partial charge is 0.411 e. The van der Waals surface area contributed by atoms with Gasteiger partial charge in [0, 0.05) is 37.9 Å².